The zero-order valence-corrected chi connectivity index (χ0v) is 20.4. The fourth-order valence-corrected chi connectivity index (χ4v) is 4.61. The van der Waals surface area contributed by atoms with Gasteiger partial charge in [0, 0.05) is 48.4 Å². The third-order valence-electron chi connectivity index (χ3n) is 6.53. The summed E-state index contributed by atoms with van der Waals surface area (Å²) in [7, 11) is 0. The highest BCUT2D eigenvalue weighted by Crippen LogP contribution is 2.35. The van der Waals surface area contributed by atoms with E-state index in [2.05, 4.69) is 73.2 Å². The quantitative estimate of drug-likeness (QED) is 0.363. The standard InChI is InChI=1S/C24H29N11O/c1-3-5-9-20-16-33(22-28-31-32-35(22)14-4-2)23(36)34(20)17-24(10-12-25-13-11-24)19-8-6-7-18(15-19)21-26-29-30-27-21/h6-8,10,12-13,15-16H,3-5,9,11,14,17H2,1-2H3,(H,26,27,29,30). The molecule has 5 rings (SSSR count). The van der Waals surface area contributed by atoms with Gasteiger partial charge < -0.3 is 0 Å². The number of hydrogen-bond donors (Lipinski definition) is 1. The van der Waals surface area contributed by atoms with Gasteiger partial charge in [0.15, 0.2) is 0 Å². The molecule has 36 heavy (non-hydrogen) atoms. The maximum absolute atomic E-state index is 13.8. The van der Waals surface area contributed by atoms with Crippen LogP contribution in [-0.2, 0) is 24.9 Å². The van der Waals surface area contributed by atoms with Crippen LogP contribution in [0.1, 0.15) is 50.8 Å². The average molecular weight is 488 g/mol. The third-order valence-corrected chi connectivity index (χ3v) is 6.53. The lowest BCUT2D eigenvalue weighted by atomic mass is 9.76. The minimum absolute atomic E-state index is 0.155. The van der Waals surface area contributed by atoms with Crippen LogP contribution in [0.25, 0.3) is 17.3 Å². The van der Waals surface area contributed by atoms with E-state index < -0.39 is 5.41 Å². The summed E-state index contributed by atoms with van der Waals surface area (Å²) in [6.45, 7) is 5.28. The van der Waals surface area contributed by atoms with Gasteiger partial charge in [0.05, 0.1) is 0 Å². The number of aliphatic imine (C=N–C) groups is 1. The minimum atomic E-state index is -0.478. The largest absolute Gasteiger partial charge is 0.335 e. The average Bonchev–Trinajstić information content (AvgIpc) is 3.66. The summed E-state index contributed by atoms with van der Waals surface area (Å²) < 4.78 is 5.11. The minimum Gasteiger partial charge on any atom is -0.295 e. The molecule has 1 aromatic carbocycles. The number of aromatic amines is 1. The number of benzene rings is 1. The lowest BCUT2D eigenvalue weighted by Crippen LogP contribution is -2.37. The highest BCUT2D eigenvalue weighted by molar-refractivity contribution is 5.65. The van der Waals surface area contributed by atoms with Gasteiger partial charge in [0.1, 0.15) is 0 Å². The van der Waals surface area contributed by atoms with Gasteiger partial charge in [-0.1, -0.05) is 49.6 Å². The third kappa shape index (κ3) is 4.41. The fourth-order valence-electron chi connectivity index (χ4n) is 4.61. The molecule has 1 unspecified atom stereocenters. The molecule has 0 saturated heterocycles. The van der Waals surface area contributed by atoms with Crippen LogP contribution in [0.2, 0.25) is 0 Å². The highest BCUT2D eigenvalue weighted by atomic mass is 16.2. The second-order valence-electron chi connectivity index (χ2n) is 8.99. The predicted octanol–water partition coefficient (Wildman–Crippen LogP) is 2.48. The number of rotatable bonds is 10. The van der Waals surface area contributed by atoms with Crippen molar-refractivity contribution in [2.45, 2.75) is 64.5 Å². The smallest absolute Gasteiger partial charge is 0.295 e. The van der Waals surface area contributed by atoms with Gasteiger partial charge in [0.2, 0.25) is 5.82 Å². The van der Waals surface area contributed by atoms with E-state index >= 15 is 0 Å². The molecule has 0 radical (unpaired) electrons. The first kappa shape index (κ1) is 23.5. The molecule has 12 nitrogen and oxygen atoms in total. The maximum atomic E-state index is 13.8. The molecule has 1 aliphatic heterocycles. The molecule has 0 amide bonds. The van der Waals surface area contributed by atoms with Gasteiger partial charge in [-0.25, -0.2) is 14.0 Å². The van der Waals surface area contributed by atoms with Crippen LogP contribution >= 0.6 is 0 Å². The van der Waals surface area contributed by atoms with E-state index in [1.807, 2.05) is 29.1 Å². The second-order valence-corrected chi connectivity index (χ2v) is 8.99. The summed E-state index contributed by atoms with van der Waals surface area (Å²) in [5.74, 6) is 0.961. The zero-order valence-electron chi connectivity index (χ0n) is 20.4. The number of nitrogens with one attached hydrogen (secondary N) is 1. The van der Waals surface area contributed by atoms with E-state index in [4.69, 9.17) is 0 Å². The van der Waals surface area contributed by atoms with E-state index in [0.717, 1.165) is 42.5 Å². The summed E-state index contributed by atoms with van der Waals surface area (Å²) >= 11 is 0. The molecule has 0 fully saturated rings. The summed E-state index contributed by atoms with van der Waals surface area (Å²) in [6, 6.07) is 8.06. The zero-order chi connectivity index (χ0) is 25.0. The maximum Gasteiger partial charge on any atom is 0.335 e. The highest BCUT2D eigenvalue weighted by Gasteiger charge is 2.33. The number of aryl methyl sites for hydroxylation is 2. The molecule has 0 saturated carbocycles. The van der Waals surface area contributed by atoms with Crippen molar-refractivity contribution in [2.75, 3.05) is 0 Å². The van der Waals surface area contributed by atoms with Crippen LogP contribution in [0, 0.1) is 0 Å². The van der Waals surface area contributed by atoms with Crippen molar-refractivity contribution in [1.29, 1.82) is 0 Å². The lowest BCUT2D eigenvalue weighted by Gasteiger charge is -2.32. The Bertz CT molecular complexity index is 1430. The van der Waals surface area contributed by atoms with E-state index in [1.165, 1.54) is 0 Å². The van der Waals surface area contributed by atoms with E-state index in [-0.39, 0.29) is 5.69 Å². The summed E-state index contributed by atoms with van der Waals surface area (Å²) in [6.07, 6.45) is 12.0. The van der Waals surface area contributed by atoms with Crippen LogP contribution in [0.3, 0.4) is 0 Å². The molecular weight excluding hydrogens is 458 g/mol. The van der Waals surface area contributed by atoms with Gasteiger partial charge >= 0.3 is 5.69 Å². The second kappa shape index (κ2) is 10.2. The van der Waals surface area contributed by atoms with E-state index in [0.29, 0.717) is 31.3 Å². The van der Waals surface area contributed by atoms with Gasteiger partial charge in [-0.3, -0.25) is 9.56 Å². The molecule has 1 atom stereocenters. The Morgan fingerprint density at radius 1 is 1.17 bits per heavy atom. The van der Waals surface area contributed by atoms with Crippen molar-refractivity contribution < 1.29 is 0 Å². The Labute approximate surface area is 207 Å². The molecule has 3 aromatic heterocycles. The Morgan fingerprint density at radius 2 is 2.08 bits per heavy atom. The molecule has 1 N–H and O–H groups in total. The molecule has 186 valence electrons. The Hall–Kier alpha value is -4.22. The number of aromatic nitrogens is 10. The Morgan fingerprint density at radius 3 is 2.83 bits per heavy atom. The van der Waals surface area contributed by atoms with Gasteiger partial charge in [0.25, 0.3) is 5.95 Å². The molecule has 4 aromatic rings. The van der Waals surface area contributed by atoms with Gasteiger partial charge in [-0.05, 0) is 53.0 Å². The predicted molar refractivity (Wildman–Crippen MR) is 134 cm³/mol. The SMILES string of the molecule is CCCCc1cn(-c2nnnn2CCC)c(=O)n1CC1(c2cccc(-c3nn[nH]n3)c2)C=CN=CC1. The molecule has 0 spiro atoms. The van der Waals surface area contributed by atoms with Gasteiger partial charge in [-0.2, -0.15) is 5.21 Å². The molecular formula is C24H29N11O. The number of allylic oxidation sites excluding steroid dienone is 1. The normalized spacial score (nSPS) is 17.2. The van der Waals surface area contributed by atoms with Gasteiger partial charge in [-0.15, -0.1) is 10.2 Å². The van der Waals surface area contributed by atoms with E-state index in [9.17, 15) is 4.79 Å². The van der Waals surface area contributed by atoms with Crippen molar-refractivity contribution in [3.8, 4) is 17.3 Å². The molecule has 4 heterocycles. The first-order valence-electron chi connectivity index (χ1n) is 12.3. The summed E-state index contributed by atoms with van der Waals surface area (Å²) in [4.78, 5) is 18.2. The topological polar surface area (TPSA) is 137 Å². The van der Waals surface area contributed by atoms with Crippen molar-refractivity contribution in [3.05, 3.63) is 64.5 Å². The molecule has 0 aliphatic carbocycles. The number of nitrogens with zero attached hydrogens (tertiary/aromatic N) is 10. The van der Waals surface area contributed by atoms with Crippen molar-refractivity contribution in [3.63, 3.8) is 0 Å². The van der Waals surface area contributed by atoms with E-state index in [1.54, 1.807) is 15.4 Å². The molecule has 0 bridgehead atoms. The van der Waals surface area contributed by atoms with Crippen molar-refractivity contribution in [2.24, 2.45) is 4.99 Å². The summed E-state index contributed by atoms with van der Waals surface area (Å²) in [5.41, 5.74) is 2.22. The number of unbranched alkanes of at least 4 members (excludes halogenated alkanes) is 1. The van der Waals surface area contributed by atoms with Crippen molar-refractivity contribution >= 4 is 6.21 Å². The monoisotopic (exact) mass is 487 g/mol. The van der Waals surface area contributed by atoms with Crippen LogP contribution in [0.5, 0.6) is 0 Å². The number of hydrogen-bond acceptors (Lipinski definition) is 8. The Balaban J connectivity index is 1.60. The molecule has 1 aliphatic rings. The number of tetrazole rings is 2. The lowest BCUT2D eigenvalue weighted by molar-refractivity contribution is 0.437. The number of imidazole rings is 1. The van der Waals surface area contributed by atoms with Crippen molar-refractivity contribution in [1.82, 2.24) is 50.0 Å². The van der Waals surface area contributed by atoms with Crippen LogP contribution < -0.4 is 5.69 Å². The number of H-pyrrole nitrogens is 1. The van der Waals surface area contributed by atoms with Crippen LogP contribution in [-0.4, -0.2) is 56.2 Å². The molecule has 12 heteroatoms. The first-order chi connectivity index (χ1) is 17.6. The fraction of sp³-hybridized carbons (Fsp3) is 0.417. The van der Waals surface area contributed by atoms with Crippen LogP contribution in [0.4, 0.5) is 0 Å². The first-order valence-corrected chi connectivity index (χ1v) is 12.3. The Kier molecular flexibility index (Phi) is 6.65. The summed E-state index contributed by atoms with van der Waals surface area (Å²) in [5, 5.41) is 26.5. The van der Waals surface area contributed by atoms with Crippen LogP contribution in [0.15, 0.2) is 52.5 Å².